The van der Waals surface area contributed by atoms with Crippen LogP contribution in [0.1, 0.15) is 18.0 Å². The van der Waals surface area contributed by atoms with E-state index in [0.29, 0.717) is 18.1 Å². The van der Waals surface area contributed by atoms with Crippen molar-refractivity contribution in [2.24, 2.45) is 11.7 Å². The number of carbonyl (C=O) groups excluding carboxylic acids is 2. The Morgan fingerprint density at radius 3 is 2.50 bits per heavy atom. The third kappa shape index (κ3) is 4.75. The number of carbonyl (C=O) groups is 2. The Morgan fingerprint density at radius 2 is 1.85 bits per heavy atom. The summed E-state index contributed by atoms with van der Waals surface area (Å²) in [6.07, 6.45) is 0.203. The summed E-state index contributed by atoms with van der Waals surface area (Å²) in [5, 5.41) is 3.47. The van der Waals surface area contributed by atoms with Crippen LogP contribution in [0, 0.1) is 5.92 Å². The van der Waals surface area contributed by atoms with Crippen molar-refractivity contribution < 1.29 is 9.59 Å². The average molecular weight is 394 g/mol. The van der Waals surface area contributed by atoms with Crippen LogP contribution in [-0.2, 0) is 9.59 Å². The molecule has 138 valence electrons. The van der Waals surface area contributed by atoms with Gasteiger partial charge in [-0.1, -0.05) is 41.9 Å². The molecule has 2 unspecified atom stereocenters. The molecule has 0 saturated carbocycles. The molecule has 7 heteroatoms. The molecule has 26 heavy (non-hydrogen) atoms. The molecule has 0 bridgehead atoms. The molecule has 0 aliphatic carbocycles. The fraction of sp³-hybridized carbons (Fsp3) is 0.263. The number of anilines is 1. The molecule has 2 amide bonds. The molecule has 0 radical (unpaired) electrons. The van der Waals surface area contributed by atoms with Crippen molar-refractivity contribution >= 4 is 41.5 Å². The number of nitrogens with zero attached hydrogens (tertiary/aromatic N) is 1. The van der Waals surface area contributed by atoms with Gasteiger partial charge in [0.25, 0.3) is 0 Å². The van der Waals surface area contributed by atoms with E-state index in [4.69, 9.17) is 17.3 Å². The Labute approximate surface area is 163 Å². The van der Waals surface area contributed by atoms with Gasteiger partial charge in [-0.25, -0.2) is 0 Å². The molecule has 2 aromatic carbocycles. The fourth-order valence-electron chi connectivity index (χ4n) is 2.93. The molecular formula is C19H21Cl2N3O2. The van der Waals surface area contributed by atoms with Crippen LogP contribution in [0.2, 0.25) is 5.02 Å². The van der Waals surface area contributed by atoms with E-state index in [1.807, 2.05) is 30.3 Å². The second-order valence-corrected chi connectivity index (χ2v) is 6.58. The third-order valence-corrected chi connectivity index (χ3v) is 4.61. The van der Waals surface area contributed by atoms with E-state index >= 15 is 0 Å². The Kier molecular flexibility index (Phi) is 7.03. The largest absolute Gasteiger partial charge is 0.354 e. The van der Waals surface area contributed by atoms with Crippen LogP contribution >= 0.6 is 24.0 Å². The summed E-state index contributed by atoms with van der Waals surface area (Å²) in [5.74, 6) is -0.572. The SMILES string of the molecule is Cl.NC(CNC(=O)C1CC(=O)N(c2ccc(Cl)cc2)C1)c1ccccc1. The maximum atomic E-state index is 12.4. The van der Waals surface area contributed by atoms with Gasteiger partial charge >= 0.3 is 0 Å². The summed E-state index contributed by atoms with van der Waals surface area (Å²) in [6, 6.07) is 16.4. The first kappa shape index (κ1) is 20.2. The van der Waals surface area contributed by atoms with Gasteiger partial charge in [0.15, 0.2) is 0 Å². The number of benzene rings is 2. The average Bonchev–Trinajstić information content (AvgIpc) is 3.02. The summed E-state index contributed by atoms with van der Waals surface area (Å²) >= 11 is 5.88. The molecule has 1 saturated heterocycles. The Balaban J connectivity index is 0.00000243. The van der Waals surface area contributed by atoms with Crippen LogP contribution < -0.4 is 16.0 Å². The molecule has 0 aromatic heterocycles. The second-order valence-electron chi connectivity index (χ2n) is 6.14. The van der Waals surface area contributed by atoms with Gasteiger partial charge in [0.2, 0.25) is 11.8 Å². The highest BCUT2D eigenvalue weighted by molar-refractivity contribution is 6.30. The van der Waals surface area contributed by atoms with Crippen LogP contribution in [0.15, 0.2) is 54.6 Å². The lowest BCUT2D eigenvalue weighted by Gasteiger charge is -2.18. The monoisotopic (exact) mass is 393 g/mol. The van der Waals surface area contributed by atoms with Gasteiger partial charge in [0.05, 0.1) is 5.92 Å². The van der Waals surface area contributed by atoms with Gasteiger partial charge in [-0.3, -0.25) is 9.59 Å². The highest BCUT2D eigenvalue weighted by atomic mass is 35.5. The Bertz CT molecular complexity index is 753. The van der Waals surface area contributed by atoms with E-state index in [9.17, 15) is 9.59 Å². The number of halogens is 2. The molecule has 2 aromatic rings. The second kappa shape index (κ2) is 9.03. The summed E-state index contributed by atoms with van der Waals surface area (Å²) in [7, 11) is 0. The summed E-state index contributed by atoms with van der Waals surface area (Å²) in [4.78, 5) is 26.2. The summed E-state index contributed by atoms with van der Waals surface area (Å²) < 4.78 is 0. The van der Waals surface area contributed by atoms with Crippen molar-refractivity contribution in [3.05, 3.63) is 65.2 Å². The van der Waals surface area contributed by atoms with E-state index in [1.165, 1.54) is 0 Å². The molecule has 2 atom stereocenters. The van der Waals surface area contributed by atoms with Crippen LogP contribution in [0.25, 0.3) is 0 Å². The van der Waals surface area contributed by atoms with Crippen molar-refractivity contribution in [2.75, 3.05) is 18.0 Å². The Hall–Kier alpha value is -2.08. The fourth-order valence-corrected chi connectivity index (χ4v) is 3.05. The molecule has 1 aliphatic rings. The van der Waals surface area contributed by atoms with Gasteiger partial charge in [0, 0.05) is 36.3 Å². The molecule has 3 rings (SSSR count). The topological polar surface area (TPSA) is 75.4 Å². The van der Waals surface area contributed by atoms with Crippen LogP contribution in [0.3, 0.4) is 0 Å². The minimum atomic E-state index is -0.369. The van der Waals surface area contributed by atoms with Crippen LogP contribution in [-0.4, -0.2) is 24.9 Å². The van der Waals surface area contributed by atoms with Crippen molar-refractivity contribution in [1.29, 1.82) is 0 Å². The molecule has 3 N–H and O–H groups in total. The van der Waals surface area contributed by atoms with Gasteiger partial charge in [-0.15, -0.1) is 12.4 Å². The van der Waals surface area contributed by atoms with Gasteiger partial charge < -0.3 is 16.0 Å². The minimum Gasteiger partial charge on any atom is -0.354 e. The molecule has 5 nitrogen and oxygen atoms in total. The number of nitrogens with two attached hydrogens (primary N) is 1. The van der Waals surface area contributed by atoms with Crippen molar-refractivity contribution in [2.45, 2.75) is 12.5 Å². The number of hydrogen-bond donors (Lipinski definition) is 2. The molecule has 1 heterocycles. The summed E-state index contributed by atoms with van der Waals surface area (Å²) in [5.41, 5.74) is 7.82. The van der Waals surface area contributed by atoms with Gasteiger partial charge in [-0.05, 0) is 29.8 Å². The zero-order valence-corrected chi connectivity index (χ0v) is 15.7. The minimum absolute atomic E-state index is 0. The molecule has 1 aliphatic heterocycles. The first-order chi connectivity index (χ1) is 12.0. The first-order valence-electron chi connectivity index (χ1n) is 8.19. The van der Waals surface area contributed by atoms with Crippen molar-refractivity contribution in [1.82, 2.24) is 5.32 Å². The van der Waals surface area contributed by atoms with Crippen LogP contribution in [0.4, 0.5) is 5.69 Å². The lowest BCUT2D eigenvalue weighted by Crippen LogP contribution is -2.37. The number of rotatable bonds is 5. The van der Waals surface area contributed by atoms with Crippen molar-refractivity contribution in [3.63, 3.8) is 0 Å². The smallest absolute Gasteiger partial charge is 0.227 e. The zero-order chi connectivity index (χ0) is 17.8. The normalized spacial score (nSPS) is 17.5. The zero-order valence-electron chi connectivity index (χ0n) is 14.1. The van der Waals surface area contributed by atoms with Crippen molar-refractivity contribution in [3.8, 4) is 0 Å². The highest BCUT2D eigenvalue weighted by Gasteiger charge is 2.35. The lowest BCUT2D eigenvalue weighted by molar-refractivity contribution is -0.126. The predicted molar refractivity (Wildman–Crippen MR) is 106 cm³/mol. The van der Waals surface area contributed by atoms with E-state index in [1.54, 1.807) is 29.2 Å². The maximum Gasteiger partial charge on any atom is 0.227 e. The molecule has 0 spiro atoms. The summed E-state index contributed by atoms with van der Waals surface area (Å²) in [6.45, 7) is 0.710. The van der Waals surface area contributed by atoms with Gasteiger partial charge in [0.1, 0.15) is 0 Å². The standard InChI is InChI=1S/C19H20ClN3O2.ClH/c20-15-6-8-16(9-7-15)23-12-14(10-18(23)24)19(25)22-11-17(21)13-4-2-1-3-5-13;/h1-9,14,17H,10-12,21H2,(H,22,25);1H. The quantitative estimate of drug-likeness (QED) is 0.819. The van der Waals surface area contributed by atoms with E-state index in [0.717, 1.165) is 11.3 Å². The maximum absolute atomic E-state index is 12.4. The predicted octanol–water partition coefficient (Wildman–Crippen LogP) is 2.93. The molecular weight excluding hydrogens is 373 g/mol. The number of nitrogens with one attached hydrogen (secondary N) is 1. The third-order valence-electron chi connectivity index (χ3n) is 4.36. The molecule has 1 fully saturated rings. The van der Waals surface area contributed by atoms with E-state index in [2.05, 4.69) is 5.32 Å². The van der Waals surface area contributed by atoms with Crippen LogP contribution in [0.5, 0.6) is 0 Å². The highest BCUT2D eigenvalue weighted by Crippen LogP contribution is 2.26. The van der Waals surface area contributed by atoms with E-state index in [-0.39, 0.29) is 42.6 Å². The number of hydrogen-bond acceptors (Lipinski definition) is 3. The number of amides is 2. The first-order valence-corrected chi connectivity index (χ1v) is 8.56. The lowest BCUT2D eigenvalue weighted by atomic mass is 10.1. The Morgan fingerprint density at radius 1 is 1.19 bits per heavy atom. The van der Waals surface area contributed by atoms with Gasteiger partial charge in [-0.2, -0.15) is 0 Å². The van der Waals surface area contributed by atoms with E-state index < -0.39 is 0 Å².